The Morgan fingerprint density at radius 1 is 1.20 bits per heavy atom. The van der Waals surface area contributed by atoms with Crippen molar-refractivity contribution >= 4 is 28.6 Å². The molecule has 1 N–H and O–H groups in total. The van der Waals surface area contributed by atoms with Gasteiger partial charge in [0.25, 0.3) is 0 Å². The van der Waals surface area contributed by atoms with Crippen LogP contribution in [0.2, 0.25) is 5.02 Å². The molecule has 0 aliphatic heterocycles. The Labute approximate surface area is 150 Å². The van der Waals surface area contributed by atoms with E-state index in [1.807, 2.05) is 32.9 Å². The number of carbonyl (C=O) groups is 1. The van der Waals surface area contributed by atoms with Crippen molar-refractivity contribution in [3.8, 4) is 0 Å². The Hall–Kier alpha value is -2.53. The summed E-state index contributed by atoms with van der Waals surface area (Å²) >= 11 is 5.90. The number of rotatable bonds is 4. The third-order valence-electron chi connectivity index (χ3n) is 4.34. The third kappa shape index (κ3) is 3.61. The lowest BCUT2D eigenvalue weighted by atomic mass is 10.0. The fraction of sp³-hybridized carbons (Fsp3) is 0.263. The van der Waals surface area contributed by atoms with Crippen LogP contribution < -0.4 is 11.1 Å². The van der Waals surface area contributed by atoms with Crippen LogP contribution in [-0.2, 0) is 11.3 Å². The molecule has 5 nitrogen and oxygen atoms in total. The molecule has 1 heterocycles. The average Bonchev–Trinajstić information content (AvgIpc) is 2.84. The van der Waals surface area contributed by atoms with Crippen molar-refractivity contribution in [1.29, 1.82) is 0 Å². The number of aromatic nitrogens is 1. The molecule has 2 aromatic carbocycles. The summed E-state index contributed by atoms with van der Waals surface area (Å²) in [6.07, 6.45) is 0. The second-order valence-corrected chi connectivity index (χ2v) is 6.64. The highest BCUT2D eigenvalue weighted by atomic mass is 35.5. The molecule has 0 saturated carbocycles. The molecule has 0 fully saturated rings. The van der Waals surface area contributed by atoms with Crippen LogP contribution in [0.15, 0.2) is 45.6 Å². The van der Waals surface area contributed by atoms with E-state index in [9.17, 15) is 9.59 Å². The van der Waals surface area contributed by atoms with Crippen LogP contribution in [0.5, 0.6) is 0 Å². The molecule has 25 heavy (non-hydrogen) atoms. The first-order valence-corrected chi connectivity index (χ1v) is 8.38. The first-order valence-electron chi connectivity index (χ1n) is 8.00. The zero-order valence-corrected chi connectivity index (χ0v) is 15.1. The molecule has 0 aliphatic carbocycles. The smallest absolute Gasteiger partial charge is 0.408 e. The maximum absolute atomic E-state index is 12.4. The maximum Gasteiger partial charge on any atom is 0.420 e. The van der Waals surface area contributed by atoms with E-state index in [0.29, 0.717) is 16.1 Å². The topological polar surface area (TPSA) is 64.2 Å². The monoisotopic (exact) mass is 358 g/mol. The Morgan fingerprint density at radius 3 is 2.68 bits per heavy atom. The molecule has 3 rings (SSSR count). The van der Waals surface area contributed by atoms with Gasteiger partial charge in [0.2, 0.25) is 5.91 Å². The molecule has 1 amide bonds. The highest BCUT2D eigenvalue weighted by molar-refractivity contribution is 6.31. The molecule has 6 heteroatoms. The maximum atomic E-state index is 12.4. The van der Waals surface area contributed by atoms with Crippen molar-refractivity contribution in [3.63, 3.8) is 0 Å². The van der Waals surface area contributed by atoms with Gasteiger partial charge in [0.05, 0.1) is 11.6 Å². The van der Waals surface area contributed by atoms with Crippen LogP contribution in [0.3, 0.4) is 0 Å². The standard InChI is InChI=1S/C19H19ClN2O3/c1-11-4-5-14(8-12(11)2)13(3)21-18(23)10-22-16-7-6-15(20)9-17(16)25-19(22)24/h4-9,13H,10H2,1-3H3,(H,21,23)/t13-/m0/s1. The number of nitrogens with zero attached hydrogens (tertiary/aromatic N) is 1. The summed E-state index contributed by atoms with van der Waals surface area (Å²) in [7, 11) is 0. The molecule has 0 spiro atoms. The number of benzene rings is 2. The summed E-state index contributed by atoms with van der Waals surface area (Å²) in [6, 6.07) is 10.8. The molecule has 0 saturated heterocycles. The number of nitrogens with one attached hydrogen (secondary N) is 1. The number of carbonyl (C=O) groups excluding carboxylic acids is 1. The van der Waals surface area contributed by atoms with Crippen molar-refractivity contribution in [2.45, 2.75) is 33.4 Å². The molecule has 0 radical (unpaired) electrons. The van der Waals surface area contributed by atoms with Crippen LogP contribution in [0.25, 0.3) is 11.1 Å². The summed E-state index contributed by atoms with van der Waals surface area (Å²) < 4.78 is 6.44. The van der Waals surface area contributed by atoms with Crippen LogP contribution in [0.4, 0.5) is 0 Å². The molecule has 0 bridgehead atoms. The predicted molar refractivity (Wildman–Crippen MR) is 98.0 cm³/mol. The largest absolute Gasteiger partial charge is 0.420 e. The van der Waals surface area contributed by atoms with Gasteiger partial charge in [-0.05, 0) is 49.6 Å². The van der Waals surface area contributed by atoms with Crippen molar-refractivity contribution in [1.82, 2.24) is 9.88 Å². The van der Waals surface area contributed by atoms with E-state index in [1.54, 1.807) is 18.2 Å². The lowest BCUT2D eigenvalue weighted by molar-refractivity contribution is -0.122. The van der Waals surface area contributed by atoms with Crippen LogP contribution in [0, 0.1) is 13.8 Å². The quantitative estimate of drug-likeness (QED) is 0.772. The Morgan fingerprint density at radius 2 is 1.96 bits per heavy atom. The molecular weight excluding hydrogens is 340 g/mol. The van der Waals surface area contributed by atoms with Gasteiger partial charge in [-0.1, -0.05) is 29.8 Å². The highest BCUT2D eigenvalue weighted by Crippen LogP contribution is 2.19. The van der Waals surface area contributed by atoms with Crippen LogP contribution in [-0.4, -0.2) is 10.5 Å². The van der Waals surface area contributed by atoms with Gasteiger partial charge in [0.15, 0.2) is 5.58 Å². The molecule has 0 aliphatic rings. The van der Waals surface area contributed by atoms with E-state index in [1.165, 1.54) is 15.7 Å². The number of halogens is 1. The number of amides is 1. The summed E-state index contributed by atoms with van der Waals surface area (Å²) in [4.78, 5) is 24.4. The highest BCUT2D eigenvalue weighted by Gasteiger charge is 2.15. The SMILES string of the molecule is Cc1ccc([C@H](C)NC(=O)Cn2c(=O)oc3cc(Cl)ccc32)cc1C. The first-order chi connectivity index (χ1) is 11.8. The van der Waals surface area contributed by atoms with Gasteiger partial charge in [0.1, 0.15) is 6.54 Å². The van der Waals surface area contributed by atoms with Crippen molar-refractivity contribution in [3.05, 3.63) is 68.7 Å². The summed E-state index contributed by atoms with van der Waals surface area (Å²) in [5, 5.41) is 3.39. The van der Waals surface area contributed by atoms with Crippen LogP contribution in [0.1, 0.15) is 29.7 Å². The van der Waals surface area contributed by atoms with E-state index < -0.39 is 5.76 Å². The van der Waals surface area contributed by atoms with Gasteiger partial charge >= 0.3 is 5.76 Å². The minimum Gasteiger partial charge on any atom is -0.408 e. The second kappa shape index (κ2) is 6.76. The molecule has 1 aromatic heterocycles. The Bertz CT molecular complexity index is 1000. The Balaban J connectivity index is 1.77. The number of hydrogen-bond donors (Lipinski definition) is 1. The predicted octanol–water partition coefficient (Wildman–Crippen LogP) is 3.74. The minimum atomic E-state index is -0.578. The summed E-state index contributed by atoms with van der Waals surface area (Å²) in [5.41, 5.74) is 4.31. The fourth-order valence-corrected chi connectivity index (χ4v) is 2.90. The van der Waals surface area contributed by atoms with Crippen molar-refractivity contribution < 1.29 is 9.21 Å². The van der Waals surface area contributed by atoms with E-state index in [4.69, 9.17) is 16.0 Å². The minimum absolute atomic E-state index is 0.108. The zero-order chi connectivity index (χ0) is 18.1. The van der Waals surface area contributed by atoms with Gasteiger partial charge in [0, 0.05) is 11.1 Å². The van der Waals surface area contributed by atoms with Crippen molar-refractivity contribution in [2.75, 3.05) is 0 Å². The van der Waals surface area contributed by atoms with E-state index in [-0.39, 0.29) is 18.5 Å². The van der Waals surface area contributed by atoms with Gasteiger partial charge in [-0.15, -0.1) is 0 Å². The van der Waals surface area contributed by atoms with Gasteiger partial charge < -0.3 is 9.73 Å². The number of oxazole rings is 1. The third-order valence-corrected chi connectivity index (χ3v) is 4.58. The van der Waals surface area contributed by atoms with Crippen molar-refractivity contribution in [2.24, 2.45) is 0 Å². The number of hydrogen-bond acceptors (Lipinski definition) is 3. The van der Waals surface area contributed by atoms with E-state index >= 15 is 0 Å². The van der Waals surface area contributed by atoms with E-state index in [0.717, 1.165) is 5.56 Å². The molecular formula is C19H19ClN2O3. The van der Waals surface area contributed by atoms with Gasteiger partial charge in [-0.2, -0.15) is 0 Å². The number of aryl methyl sites for hydroxylation is 2. The Kier molecular flexibility index (Phi) is 4.68. The lowest BCUT2D eigenvalue weighted by Crippen LogP contribution is -2.32. The van der Waals surface area contributed by atoms with E-state index in [2.05, 4.69) is 11.4 Å². The molecule has 130 valence electrons. The second-order valence-electron chi connectivity index (χ2n) is 6.20. The van der Waals surface area contributed by atoms with Gasteiger partial charge in [-0.3, -0.25) is 9.36 Å². The zero-order valence-electron chi connectivity index (χ0n) is 14.3. The molecule has 0 unspecified atom stereocenters. The molecule has 3 aromatic rings. The lowest BCUT2D eigenvalue weighted by Gasteiger charge is -2.16. The summed E-state index contributed by atoms with van der Waals surface area (Å²) in [5.74, 6) is -0.836. The fourth-order valence-electron chi connectivity index (χ4n) is 2.74. The number of fused-ring (bicyclic) bond motifs is 1. The normalized spacial score (nSPS) is 12.3. The van der Waals surface area contributed by atoms with Crippen LogP contribution >= 0.6 is 11.6 Å². The molecule has 1 atom stereocenters. The average molecular weight is 359 g/mol. The summed E-state index contributed by atoms with van der Waals surface area (Å²) in [6.45, 7) is 5.89. The van der Waals surface area contributed by atoms with Gasteiger partial charge in [-0.25, -0.2) is 4.79 Å². The first kappa shape index (κ1) is 17.3.